The molecule has 1 fully saturated rings. The number of hydrogen-bond donors (Lipinski definition) is 3. The molecule has 1 heterocycles. The molecule has 0 atom stereocenters. The lowest BCUT2D eigenvalue weighted by Gasteiger charge is -2.37. The minimum Gasteiger partial charge on any atom is -0.306 e. The molecule has 0 aromatic carbocycles. The van der Waals surface area contributed by atoms with Crippen LogP contribution in [0.1, 0.15) is 0 Å². The summed E-state index contributed by atoms with van der Waals surface area (Å²) in [7, 11) is -2.38. The molecule has 78 valence electrons. The number of hydrogen-bond acceptors (Lipinski definition) is 3. The van der Waals surface area contributed by atoms with Gasteiger partial charge < -0.3 is 19.6 Å². The molecule has 0 aromatic rings. The highest BCUT2D eigenvalue weighted by Crippen LogP contribution is 2.36. The zero-order chi connectivity index (χ0) is 9.95. The van der Waals surface area contributed by atoms with E-state index in [9.17, 15) is 4.57 Å². The van der Waals surface area contributed by atoms with Gasteiger partial charge in [-0.15, -0.1) is 0 Å². The topological polar surface area (TPSA) is 78.8 Å². The molecular formula is C6H16N2O4P+. The summed E-state index contributed by atoms with van der Waals surface area (Å²) in [6, 6.07) is 0. The van der Waals surface area contributed by atoms with Crippen molar-refractivity contribution in [3.63, 3.8) is 0 Å². The molecule has 0 unspecified atom stereocenters. The van der Waals surface area contributed by atoms with Crippen LogP contribution >= 0.6 is 7.82 Å². The van der Waals surface area contributed by atoms with E-state index in [1.807, 2.05) is 7.05 Å². The average Bonchev–Trinajstić information content (AvgIpc) is 2.02. The Balaban J connectivity index is 2.37. The van der Waals surface area contributed by atoms with E-state index in [0.717, 1.165) is 26.2 Å². The maximum Gasteiger partial charge on any atom is 0.474 e. The quantitative estimate of drug-likeness (QED) is 0.416. The highest BCUT2D eigenvalue weighted by Gasteiger charge is 2.28. The van der Waals surface area contributed by atoms with Gasteiger partial charge in [0, 0.05) is 13.1 Å². The van der Waals surface area contributed by atoms with Gasteiger partial charge in [0.2, 0.25) is 0 Å². The maximum absolute atomic E-state index is 10.5. The molecule has 1 aliphatic heterocycles. The summed E-state index contributed by atoms with van der Waals surface area (Å²) in [5, 5.41) is 3.17. The first-order valence-corrected chi connectivity index (χ1v) is 5.69. The third kappa shape index (κ3) is 4.17. The molecule has 0 spiro atoms. The highest BCUT2D eigenvalue weighted by molar-refractivity contribution is 7.46. The minimum absolute atomic E-state index is 0.0754. The standard InChI is InChI=1S/C6H15N2O4P/c1-8(4-2-7-3-5-8)6-12-13(9,10)11/h7H,2-6H2,1H3,(H-,9,10,11)/p+1. The van der Waals surface area contributed by atoms with Gasteiger partial charge in [-0.1, -0.05) is 0 Å². The van der Waals surface area contributed by atoms with E-state index in [4.69, 9.17) is 9.79 Å². The van der Waals surface area contributed by atoms with E-state index < -0.39 is 7.82 Å². The van der Waals surface area contributed by atoms with E-state index in [1.165, 1.54) is 0 Å². The van der Waals surface area contributed by atoms with Crippen LogP contribution < -0.4 is 5.32 Å². The van der Waals surface area contributed by atoms with E-state index in [-0.39, 0.29) is 6.73 Å². The Morgan fingerprint density at radius 3 is 2.46 bits per heavy atom. The minimum atomic E-state index is -4.31. The molecule has 3 N–H and O–H groups in total. The third-order valence-corrected chi connectivity index (χ3v) is 2.65. The van der Waals surface area contributed by atoms with Gasteiger partial charge in [0.05, 0.1) is 20.1 Å². The van der Waals surface area contributed by atoms with Crippen LogP contribution in [0.4, 0.5) is 0 Å². The number of phosphoric acid groups is 1. The van der Waals surface area contributed by atoms with Crippen molar-refractivity contribution >= 4 is 7.82 Å². The Bertz CT molecular complexity index is 211. The van der Waals surface area contributed by atoms with E-state index in [1.54, 1.807) is 0 Å². The first kappa shape index (κ1) is 11.1. The van der Waals surface area contributed by atoms with Gasteiger partial charge >= 0.3 is 7.82 Å². The van der Waals surface area contributed by atoms with Crippen LogP contribution in [-0.4, -0.2) is 54.2 Å². The van der Waals surface area contributed by atoms with Crippen LogP contribution in [0.15, 0.2) is 0 Å². The number of phosphoric ester groups is 1. The number of rotatable bonds is 3. The van der Waals surface area contributed by atoms with Crippen LogP contribution in [-0.2, 0) is 9.09 Å². The van der Waals surface area contributed by atoms with Crippen molar-refractivity contribution < 1.29 is 23.4 Å². The summed E-state index contributed by atoms with van der Waals surface area (Å²) < 4.78 is 15.5. The summed E-state index contributed by atoms with van der Waals surface area (Å²) in [6.07, 6.45) is 0. The first-order valence-electron chi connectivity index (χ1n) is 4.16. The number of nitrogens with one attached hydrogen (secondary N) is 1. The van der Waals surface area contributed by atoms with Crippen molar-refractivity contribution in [2.75, 3.05) is 40.0 Å². The smallest absolute Gasteiger partial charge is 0.306 e. The fourth-order valence-electron chi connectivity index (χ4n) is 1.28. The summed E-state index contributed by atoms with van der Waals surface area (Å²) in [5.41, 5.74) is 0. The maximum atomic E-state index is 10.5. The molecule has 0 aromatic heterocycles. The molecular weight excluding hydrogens is 195 g/mol. The summed E-state index contributed by atoms with van der Waals surface area (Å²) in [6.45, 7) is 3.47. The van der Waals surface area contributed by atoms with Crippen molar-refractivity contribution in [3.05, 3.63) is 0 Å². The molecule has 7 heteroatoms. The van der Waals surface area contributed by atoms with Crippen LogP contribution in [0.3, 0.4) is 0 Å². The second kappa shape index (κ2) is 4.04. The fraction of sp³-hybridized carbons (Fsp3) is 1.00. The van der Waals surface area contributed by atoms with Gasteiger partial charge in [-0.05, 0) is 0 Å². The molecule has 0 aliphatic carbocycles. The van der Waals surface area contributed by atoms with Gasteiger partial charge in [-0.2, -0.15) is 0 Å². The van der Waals surface area contributed by atoms with Crippen molar-refractivity contribution in [2.24, 2.45) is 0 Å². The second-order valence-corrected chi connectivity index (χ2v) is 4.80. The Kier molecular flexibility index (Phi) is 3.45. The molecule has 1 rings (SSSR count). The number of piperazine rings is 1. The Labute approximate surface area is 77.3 Å². The normalized spacial score (nSPS) is 23.0. The van der Waals surface area contributed by atoms with Crippen molar-refractivity contribution in [1.29, 1.82) is 0 Å². The monoisotopic (exact) mass is 211 g/mol. The Morgan fingerprint density at radius 2 is 2.00 bits per heavy atom. The lowest BCUT2D eigenvalue weighted by Crippen LogP contribution is -2.56. The SMILES string of the molecule is C[N+]1(COP(=O)(O)O)CCNCC1. The fourth-order valence-corrected chi connectivity index (χ4v) is 1.71. The largest absolute Gasteiger partial charge is 0.474 e. The molecule has 0 bridgehead atoms. The van der Waals surface area contributed by atoms with Crippen LogP contribution in [0.25, 0.3) is 0 Å². The molecule has 6 nitrogen and oxygen atoms in total. The second-order valence-electron chi connectivity index (χ2n) is 3.57. The van der Waals surface area contributed by atoms with E-state index in [0.29, 0.717) is 4.48 Å². The van der Waals surface area contributed by atoms with Gasteiger partial charge in [0.1, 0.15) is 0 Å². The third-order valence-electron chi connectivity index (χ3n) is 2.19. The lowest BCUT2D eigenvalue weighted by molar-refractivity contribution is -0.926. The average molecular weight is 211 g/mol. The van der Waals surface area contributed by atoms with Gasteiger partial charge in [0.25, 0.3) is 0 Å². The molecule has 13 heavy (non-hydrogen) atoms. The Morgan fingerprint density at radius 1 is 1.46 bits per heavy atom. The van der Waals surface area contributed by atoms with Crippen molar-refractivity contribution in [3.8, 4) is 0 Å². The lowest BCUT2D eigenvalue weighted by atomic mass is 10.3. The summed E-state index contributed by atoms with van der Waals surface area (Å²) >= 11 is 0. The van der Waals surface area contributed by atoms with Crippen molar-refractivity contribution in [1.82, 2.24) is 5.32 Å². The highest BCUT2D eigenvalue weighted by atomic mass is 31.2. The molecule has 0 saturated carbocycles. The molecule has 1 aliphatic rings. The number of quaternary nitrogens is 1. The van der Waals surface area contributed by atoms with Crippen LogP contribution in [0.5, 0.6) is 0 Å². The number of likely N-dealkylation sites (N-methyl/N-ethyl adjacent to an activating group) is 1. The van der Waals surface area contributed by atoms with E-state index >= 15 is 0 Å². The van der Waals surface area contributed by atoms with Gasteiger partial charge in [0.15, 0.2) is 6.73 Å². The van der Waals surface area contributed by atoms with Gasteiger partial charge in [-0.3, -0.25) is 0 Å². The van der Waals surface area contributed by atoms with Crippen LogP contribution in [0.2, 0.25) is 0 Å². The molecule has 0 amide bonds. The first-order chi connectivity index (χ1) is 5.91. The summed E-state index contributed by atoms with van der Waals surface area (Å²) in [5.74, 6) is 0. The van der Waals surface area contributed by atoms with Gasteiger partial charge in [-0.25, -0.2) is 9.09 Å². The van der Waals surface area contributed by atoms with E-state index in [2.05, 4.69) is 9.84 Å². The van der Waals surface area contributed by atoms with Crippen LogP contribution in [0, 0.1) is 0 Å². The summed E-state index contributed by atoms with van der Waals surface area (Å²) in [4.78, 5) is 17.1. The molecule has 0 radical (unpaired) electrons. The van der Waals surface area contributed by atoms with Crippen molar-refractivity contribution in [2.45, 2.75) is 0 Å². The zero-order valence-corrected chi connectivity index (χ0v) is 8.54. The predicted octanol–water partition coefficient (Wildman–Crippen LogP) is -0.897. The molecule has 1 saturated heterocycles. The number of nitrogens with zero attached hydrogens (tertiary/aromatic N) is 1. The zero-order valence-electron chi connectivity index (χ0n) is 7.64. The Hall–Kier alpha value is 0.0300. The predicted molar refractivity (Wildman–Crippen MR) is 46.8 cm³/mol.